The summed E-state index contributed by atoms with van der Waals surface area (Å²) in [6, 6.07) is 14.1. The molecule has 0 aliphatic heterocycles. The molecule has 2 aromatic carbocycles. The first kappa shape index (κ1) is 18.8. The summed E-state index contributed by atoms with van der Waals surface area (Å²) in [5.74, 6) is 1.24. The molecule has 1 aliphatic rings. The van der Waals surface area contributed by atoms with E-state index in [1.165, 1.54) is 11.8 Å². The van der Waals surface area contributed by atoms with E-state index in [1.54, 1.807) is 13.2 Å². The van der Waals surface area contributed by atoms with Crippen LogP contribution >= 0.6 is 12.4 Å². The first-order chi connectivity index (χ1) is 10.9. The third-order valence-electron chi connectivity index (χ3n) is 4.18. The van der Waals surface area contributed by atoms with Crippen LogP contribution in [0.25, 0.3) is 11.1 Å². The molecule has 0 bridgehead atoms. The molecule has 0 aromatic heterocycles. The van der Waals surface area contributed by atoms with Gasteiger partial charge in [-0.1, -0.05) is 30.3 Å². The van der Waals surface area contributed by atoms with Crippen molar-refractivity contribution in [2.24, 2.45) is 5.73 Å². The molecule has 0 heterocycles. The number of nitrogens with two attached hydrogens (primary N) is 1. The molecule has 0 amide bonds. The van der Waals surface area contributed by atoms with Gasteiger partial charge in [0.2, 0.25) is 0 Å². The van der Waals surface area contributed by atoms with Gasteiger partial charge < -0.3 is 10.5 Å². The largest absolute Gasteiger partial charge is 0.496 e. The third-order valence-corrected chi connectivity index (χ3v) is 5.04. The van der Waals surface area contributed by atoms with Gasteiger partial charge in [0.15, 0.2) is 9.84 Å². The summed E-state index contributed by atoms with van der Waals surface area (Å²) in [6.45, 7) is 0. The average molecular weight is 368 g/mol. The van der Waals surface area contributed by atoms with Crippen molar-refractivity contribution in [1.82, 2.24) is 0 Å². The van der Waals surface area contributed by atoms with Crippen LogP contribution in [-0.4, -0.2) is 27.8 Å². The van der Waals surface area contributed by atoms with E-state index in [2.05, 4.69) is 12.1 Å². The van der Waals surface area contributed by atoms with Gasteiger partial charge in [0.05, 0.1) is 12.9 Å². The maximum atomic E-state index is 11.5. The summed E-state index contributed by atoms with van der Waals surface area (Å²) in [4.78, 5) is 0. The minimum atomic E-state index is -3.07. The van der Waals surface area contributed by atoms with Crippen molar-refractivity contribution in [3.63, 3.8) is 0 Å². The molecule has 1 aliphatic carbocycles. The molecule has 3 rings (SSSR count). The van der Waals surface area contributed by atoms with Crippen LogP contribution in [0, 0.1) is 0 Å². The van der Waals surface area contributed by atoms with Crippen molar-refractivity contribution in [3.8, 4) is 16.9 Å². The van der Waals surface area contributed by atoms with Gasteiger partial charge in [-0.05, 0) is 35.2 Å². The van der Waals surface area contributed by atoms with Gasteiger partial charge in [-0.25, -0.2) is 8.42 Å². The van der Waals surface area contributed by atoms with E-state index in [-0.39, 0.29) is 24.2 Å². The zero-order valence-electron chi connectivity index (χ0n) is 13.7. The normalized spacial score (nSPS) is 19.5. The van der Waals surface area contributed by atoms with Crippen LogP contribution in [0.3, 0.4) is 0 Å². The number of benzene rings is 2. The first-order valence-corrected chi connectivity index (χ1v) is 9.64. The molecule has 0 radical (unpaired) electrons. The van der Waals surface area contributed by atoms with Crippen LogP contribution in [0.15, 0.2) is 42.5 Å². The van der Waals surface area contributed by atoms with Crippen LogP contribution in [0.2, 0.25) is 0 Å². The second-order valence-electron chi connectivity index (χ2n) is 6.23. The quantitative estimate of drug-likeness (QED) is 0.881. The minimum absolute atomic E-state index is 0. The average Bonchev–Trinajstić information content (AvgIpc) is 3.23. The Bertz CT molecular complexity index is 819. The van der Waals surface area contributed by atoms with Gasteiger partial charge in [-0.2, -0.15) is 0 Å². The Morgan fingerprint density at radius 1 is 1.17 bits per heavy atom. The van der Waals surface area contributed by atoms with Crippen molar-refractivity contribution in [3.05, 3.63) is 53.6 Å². The maximum Gasteiger partial charge on any atom is 0.151 e. The summed E-state index contributed by atoms with van der Waals surface area (Å²) >= 11 is 0. The summed E-state index contributed by atoms with van der Waals surface area (Å²) in [7, 11) is -1.45. The lowest BCUT2D eigenvalue weighted by Crippen LogP contribution is -2.01. The van der Waals surface area contributed by atoms with Crippen molar-refractivity contribution < 1.29 is 13.2 Å². The van der Waals surface area contributed by atoms with Crippen LogP contribution in [0.5, 0.6) is 5.75 Å². The van der Waals surface area contributed by atoms with E-state index in [0.717, 1.165) is 28.9 Å². The summed E-state index contributed by atoms with van der Waals surface area (Å²) in [5.41, 5.74) is 9.83. The third kappa shape index (κ3) is 4.29. The molecule has 24 heavy (non-hydrogen) atoms. The molecule has 2 aromatic rings. The zero-order chi connectivity index (χ0) is 16.6. The fourth-order valence-electron chi connectivity index (χ4n) is 2.88. The van der Waals surface area contributed by atoms with Crippen molar-refractivity contribution in [1.29, 1.82) is 0 Å². The van der Waals surface area contributed by atoms with E-state index < -0.39 is 9.84 Å². The molecule has 130 valence electrons. The molecule has 0 saturated heterocycles. The van der Waals surface area contributed by atoms with Gasteiger partial charge in [0.25, 0.3) is 0 Å². The molecule has 0 unspecified atom stereocenters. The molecule has 2 N–H and O–H groups in total. The minimum Gasteiger partial charge on any atom is -0.496 e. The highest BCUT2D eigenvalue weighted by atomic mass is 35.5. The lowest BCUT2D eigenvalue weighted by Gasteiger charge is -2.11. The molecule has 2 atom stereocenters. The predicted molar refractivity (Wildman–Crippen MR) is 99.6 cm³/mol. The molecule has 4 nitrogen and oxygen atoms in total. The molecular weight excluding hydrogens is 346 g/mol. The fraction of sp³-hybridized carbons (Fsp3) is 0.333. The Hall–Kier alpha value is -1.56. The zero-order valence-corrected chi connectivity index (χ0v) is 15.4. The highest BCUT2D eigenvalue weighted by molar-refractivity contribution is 7.89. The van der Waals surface area contributed by atoms with E-state index in [4.69, 9.17) is 10.5 Å². The monoisotopic (exact) mass is 367 g/mol. The standard InChI is InChI=1S/C18H21NO3S.ClH/c1-22-18-8-3-12(11-23(2,20)21)9-16(18)14-6-4-13(5-7-14)15-10-17(15)19;/h3-9,15,17H,10-11,19H2,1-2H3;1H/t15-,17+;/m1./s1. The number of halogens is 1. The summed E-state index contributed by atoms with van der Waals surface area (Å²) in [6.07, 6.45) is 2.29. The van der Waals surface area contributed by atoms with Crippen molar-refractivity contribution >= 4 is 22.2 Å². The van der Waals surface area contributed by atoms with Crippen LogP contribution in [0.4, 0.5) is 0 Å². The van der Waals surface area contributed by atoms with E-state index in [1.807, 2.05) is 24.3 Å². The lowest BCUT2D eigenvalue weighted by atomic mass is 10.00. The maximum absolute atomic E-state index is 11.5. The molecular formula is C18H22ClNO3S. The second-order valence-corrected chi connectivity index (χ2v) is 8.37. The Morgan fingerprint density at radius 3 is 2.29 bits per heavy atom. The fourth-order valence-corrected chi connectivity index (χ4v) is 3.67. The Morgan fingerprint density at radius 2 is 1.79 bits per heavy atom. The van der Waals surface area contributed by atoms with E-state index in [0.29, 0.717) is 5.92 Å². The lowest BCUT2D eigenvalue weighted by molar-refractivity contribution is 0.416. The van der Waals surface area contributed by atoms with E-state index in [9.17, 15) is 8.42 Å². The SMILES string of the molecule is COc1ccc(CS(C)(=O)=O)cc1-c1ccc([C@H]2C[C@@H]2N)cc1.Cl. The summed E-state index contributed by atoms with van der Waals surface area (Å²) < 4.78 is 28.5. The number of ether oxygens (including phenoxy) is 1. The number of methoxy groups -OCH3 is 1. The van der Waals surface area contributed by atoms with Gasteiger partial charge in [-0.15, -0.1) is 12.4 Å². The highest BCUT2D eigenvalue weighted by Crippen LogP contribution is 2.40. The topological polar surface area (TPSA) is 69.4 Å². The van der Waals surface area contributed by atoms with Crippen LogP contribution in [0.1, 0.15) is 23.5 Å². The van der Waals surface area contributed by atoms with Crippen LogP contribution < -0.4 is 10.5 Å². The van der Waals surface area contributed by atoms with Crippen molar-refractivity contribution in [2.45, 2.75) is 24.1 Å². The van der Waals surface area contributed by atoms with Crippen molar-refractivity contribution in [2.75, 3.05) is 13.4 Å². The highest BCUT2D eigenvalue weighted by Gasteiger charge is 2.34. The first-order valence-electron chi connectivity index (χ1n) is 7.58. The number of rotatable bonds is 5. The number of hydrogen-bond donors (Lipinski definition) is 1. The Balaban J connectivity index is 0.00000208. The van der Waals surface area contributed by atoms with Gasteiger partial charge in [-0.3, -0.25) is 0 Å². The summed E-state index contributed by atoms with van der Waals surface area (Å²) in [5, 5.41) is 0. The molecule has 1 fully saturated rings. The predicted octanol–water partition coefficient (Wildman–Crippen LogP) is 3.14. The number of hydrogen-bond acceptors (Lipinski definition) is 4. The molecule has 1 saturated carbocycles. The van der Waals surface area contributed by atoms with Gasteiger partial charge in [0, 0.05) is 23.8 Å². The van der Waals surface area contributed by atoms with E-state index >= 15 is 0 Å². The van der Waals surface area contributed by atoms with Gasteiger partial charge >= 0.3 is 0 Å². The van der Waals surface area contributed by atoms with Crippen LogP contribution in [-0.2, 0) is 15.6 Å². The number of sulfone groups is 1. The van der Waals surface area contributed by atoms with Gasteiger partial charge in [0.1, 0.15) is 5.75 Å². The Kier molecular flexibility index (Phi) is 5.58. The Labute approximate surface area is 149 Å². The molecule has 6 heteroatoms. The molecule has 0 spiro atoms. The second kappa shape index (κ2) is 7.13. The smallest absolute Gasteiger partial charge is 0.151 e.